The third-order valence-electron chi connectivity index (χ3n) is 4.80. The predicted octanol–water partition coefficient (Wildman–Crippen LogP) is 2.01. The second-order valence-electron chi connectivity index (χ2n) is 5.71. The van der Waals surface area contributed by atoms with Gasteiger partial charge in [-0.25, -0.2) is 0 Å². The van der Waals surface area contributed by atoms with E-state index in [9.17, 15) is 9.59 Å². The lowest BCUT2D eigenvalue weighted by Gasteiger charge is -2.17. The fourth-order valence-corrected chi connectivity index (χ4v) is 3.89. The minimum absolute atomic E-state index is 0.0398. The maximum absolute atomic E-state index is 12.6. The molecule has 4 rings (SSSR count). The van der Waals surface area contributed by atoms with Crippen LogP contribution >= 0.6 is 0 Å². The Bertz CT molecular complexity index is 589. The summed E-state index contributed by atoms with van der Waals surface area (Å²) in [6, 6.07) is 7.09. The number of carbonyl (C=O) groups excluding carboxylic acids is 2. The van der Waals surface area contributed by atoms with E-state index in [-0.39, 0.29) is 35.5 Å². The maximum Gasteiger partial charge on any atom is 0.238 e. The average Bonchev–Trinajstić information content (AvgIpc) is 3.14. The number of anilines is 1. The first kappa shape index (κ1) is 11.7. The van der Waals surface area contributed by atoms with Gasteiger partial charge in [0.25, 0.3) is 0 Å². The molecule has 0 N–H and O–H groups in total. The molecule has 2 aliphatic carbocycles. The van der Waals surface area contributed by atoms with Gasteiger partial charge in [0.15, 0.2) is 0 Å². The number of ether oxygens (including phenoxy) is 1. The SMILES string of the molecule is COc1ccc(N2C(=O)[C@@H]3[C@H](C2=O)[C@H]2C=C[C@H]3C2)cc1. The van der Waals surface area contributed by atoms with Crippen LogP contribution in [0.15, 0.2) is 36.4 Å². The minimum atomic E-state index is -0.139. The molecule has 0 radical (unpaired) electrons. The van der Waals surface area contributed by atoms with Crippen LogP contribution in [0.3, 0.4) is 0 Å². The Morgan fingerprint density at radius 1 is 1.00 bits per heavy atom. The number of amides is 2. The minimum Gasteiger partial charge on any atom is -0.497 e. The quantitative estimate of drug-likeness (QED) is 0.609. The van der Waals surface area contributed by atoms with E-state index >= 15 is 0 Å². The third-order valence-corrected chi connectivity index (χ3v) is 4.80. The Kier molecular flexibility index (Phi) is 2.31. The molecule has 0 unspecified atom stereocenters. The van der Waals surface area contributed by atoms with Crippen molar-refractivity contribution < 1.29 is 14.3 Å². The van der Waals surface area contributed by atoms with Gasteiger partial charge in [-0.1, -0.05) is 12.2 Å². The number of hydrogen-bond donors (Lipinski definition) is 0. The maximum atomic E-state index is 12.6. The second kappa shape index (κ2) is 3.95. The van der Waals surface area contributed by atoms with Crippen LogP contribution in [0.1, 0.15) is 6.42 Å². The zero-order valence-corrected chi connectivity index (χ0v) is 11.2. The van der Waals surface area contributed by atoms with Crippen molar-refractivity contribution in [3.63, 3.8) is 0 Å². The van der Waals surface area contributed by atoms with Crippen molar-refractivity contribution in [1.29, 1.82) is 0 Å². The average molecular weight is 269 g/mol. The van der Waals surface area contributed by atoms with E-state index in [1.165, 1.54) is 4.90 Å². The molecule has 1 aromatic carbocycles. The molecule has 4 nitrogen and oxygen atoms in total. The van der Waals surface area contributed by atoms with Crippen LogP contribution in [-0.4, -0.2) is 18.9 Å². The van der Waals surface area contributed by atoms with Crippen LogP contribution in [0, 0.1) is 23.7 Å². The van der Waals surface area contributed by atoms with Crippen molar-refractivity contribution >= 4 is 17.5 Å². The van der Waals surface area contributed by atoms with Crippen LogP contribution in [0.4, 0.5) is 5.69 Å². The largest absolute Gasteiger partial charge is 0.497 e. The Hall–Kier alpha value is -2.10. The molecule has 4 heteroatoms. The molecule has 1 aliphatic heterocycles. The Balaban J connectivity index is 1.70. The molecule has 2 bridgehead atoms. The summed E-state index contributed by atoms with van der Waals surface area (Å²) in [4.78, 5) is 26.5. The molecule has 0 aromatic heterocycles. The highest BCUT2D eigenvalue weighted by atomic mass is 16.5. The number of nitrogens with zero attached hydrogens (tertiary/aromatic N) is 1. The van der Waals surface area contributed by atoms with Crippen molar-refractivity contribution in [3.05, 3.63) is 36.4 Å². The molecule has 2 fully saturated rings. The molecule has 20 heavy (non-hydrogen) atoms. The van der Waals surface area contributed by atoms with Crippen molar-refractivity contribution in [2.45, 2.75) is 6.42 Å². The number of hydrogen-bond acceptors (Lipinski definition) is 3. The first-order valence-corrected chi connectivity index (χ1v) is 6.91. The van der Waals surface area contributed by atoms with E-state index in [4.69, 9.17) is 4.74 Å². The van der Waals surface area contributed by atoms with Crippen LogP contribution in [0.5, 0.6) is 5.75 Å². The number of rotatable bonds is 2. The number of allylic oxidation sites excluding steroid dienone is 2. The van der Waals surface area contributed by atoms with Crippen molar-refractivity contribution in [1.82, 2.24) is 0 Å². The Labute approximate surface area is 117 Å². The van der Waals surface area contributed by atoms with Gasteiger partial charge in [0.05, 0.1) is 24.6 Å². The van der Waals surface area contributed by atoms with Gasteiger partial charge < -0.3 is 4.74 Å². The zero-order valence-electron chi connectivity index (χ0n) is 11.2. The monoisotopic (exact) mass is 269 g/mol. The molecule has 1 saturated heterocycles. The number of imide groups is 1. The van der Waals surface area contributed by atoms with Gasteiger partial charge in [0, 0.05) is 0 Å². The fourth-order valence-electron chi connectivity index (χ4n) is 3.89. The van der Waals surface area contributed by atoms with Gasteiger partial charge in [0.1, 0.15) is 5.75 Å². The first-order chi connectivity index (χ1) is 9.70. The van der Waals surface area contributed by atoms with E-state index < -0.39 is 0 Å². The van der Waals surface area contributed by atoms with Crippen molar-refractivity contribution in [3.8, 4) is 5.75 Å². The predicted molar refractivity (Wildman–Crippen MR) is 73.2 cm³/mol. The molecule has 0 spiro atoms. The lowest BCUT2D eigenvalue weighted by Crippen LogP contribution is -2.32. The molecular weight excluding hydrogens is 254 g/mol. The summed E-state index contributed by atoms with van der Waals surface area (Å²) in [5.74, 6) is 0.868. The van der Waals surface area contributed by atoms with E-state index in [1.807, 2.05) is 0 Å². The lowest BCUT2D eigenvalue weighted by atomic mass is 9.85. The van der Waals surface area contributed by atoms with Crippen LogP contribution in [0.2, 0.25) is 0 Å². The lowest BCUT2D eigenvalue weighted by molar-refractivity contribution is -0.123. The van der Waals surface area contributed by atoms with Crippen LogP contribution < -0.4 is 9.64 Å². The summed E-state index contributed by atoms with van der Waals surface area (Å²) in [6.45, 7) is 0. The highest BCUT2D eigenvalue weighted by Gasteiger charge is 2.59. The summed E-state index contributed by atoms with van der Waals surface area (Å²) in [5.41, 5.74) is 0.648. The molecule has 1 aromatic rings. The third kappa shape index (κ3) is 1.36. The topological polar surface area (TPSA) is 46.6 Å². The summed E-state index contributed by atoms with van der Waals surface area (Å²) >= 11 is 0. The summed E-state index contributed by atoms with van der Waals surface area (Å²) in [5, 5.41) is 0. The van der Waals surface area contributed by atoms with Crippen molar-refractivity contribution in [2.75, 3.05) is 12.0 Å². The van der Waals surface area contributed by atoms with E-state index in [0.717, 1.165) is 12.2 Å². The van der Waals surface area contributed by atoms with E-state index in [0.29, 0.717) is 5.69 Å². The Morgan fingerprint density at radius 2 is 1.55 bits per heavy atom. The number of carbonyl (C=O) groups is 2. The zero-order chi connectivity index (χ0) is 13.9. The summed E-state index contributed by atoms with van der Waals surface area (Å²) < 4.78 is 5.11. The fraction of sp³-hybridized carbons (Fsp3) is 0.375. The number of methoxy groups -OCH3 is 1. The molecule has 1 heterocycles. The highest BCUT2D eigenvalue weighted by Crippen LogP contribution is 2.53. The molecule has 4 atom stereocenters. The van der Waals surface area contributed by atoms with E-state index in [1.54, 1.807) is 31.4 Å². The van der Waals surface area contributed by atoms with Gasteiger partial charge in [0.2, 0.25) is 11.8 Å². The molecule has 3 aliphatic rings. The Morgan fingerprint density at radius 3 is 2.05 bits per heavy atom. The van der Waals surface area contributed by atoms with Crippen LogP contribution in [-0.2, 0) is 9.59 Å². The summed E-state index contributed by atoms with van der Waals surface area (Å²) in [6.07, 6.45) is 5.17. The van der Waals surface area contributed by atoms with Gasteiger partial charge >= 0.3 is 0 Å². The van der Waals surface area contributed by atoms with Crippen molar-refractivity contribution in [2.24, 2.45) is 23.7 Å². The highest BCUT2D eigenvalue weighted by molar-refractivity contribution is 6.22. The normalized spacial score (nSPS) is 34.0. The van der Waals surface area contributed by atoms with Gasteiger partial charge in [-0.3, -0.25) is 14.5 Å². The second-order valence-corrected chi connectivity index (χ2v) is 5.71. The first-order valence-electron chi connectivity index (χ1n) is 6.91. The van der Waals surface area contributed by atoms with E-state index in [2.05, 4.69) is 12.2 Å². The smallest absolute Gasteiger partial charge is 0.238 e. The molecule has 2 amide bonds. The molecular formula is C16H15NO3. The van der Waals surface area contributed by atoms with Crippen LogP contribution in [0.25, 0.3) is 0 Å². The van der Waals surface area contributed by atoms with Gasteiger partial charge in [-0.2, -0.15) is 0 Å². The standard InChI is InChI=1S/C16H15NO3/c1-20-12-6-4-11(5-7-12)17-15(18)13-9-2-3-10(8-9)14(13)16(17)19/h2-7,9-10,13-14H,8H2,1H3/t9-,10-,13-,14+/m0/s1. The molecule has 102 valence electrons. The van der Waals surface area contributed by atoms with Gasteiger partial charge in [-0.15, -0.1) is 0 Å². The summed E-state index contributed by atoms with van der Waals surface area (Å²) in [7, 11) is 1.59. The number of fused-ring (bicyclic) bond motifs is 5. The van der Waals surface area contributed by atoms with Gasteiger partial charge in [-0.05, 0) is 42.5 Å². The number of benzene rings is 1. The molecule has 1 saturated carbocycles.